The summed E-state index contributed by atoms with van der Waals surface area (Å²) in [6.45, 7) is 6.53. The molecule has 154 valence electrons. The van der Waals surface area contributed by atoms with Crippen LogP contribution in [0.5, 0.6) is 0 Å². The van der Waals surface area contributed by atoms with E-state index in [1.807, 2.05) is 24.3 Å². The van der Waals surface area contributed by atoms with Gasteiger partial charge in [0, 0.05) is 31.6 Å². The lowest BCUT2D eigenvalue weighted by Crippen LogP contribution is -2.28. The van der Waals surface area contributed by atoms with Crippen LogP contribution >= 0.6 is 31.9 Å². The standard InChI is InChI=1S/C24H22Br2N2O2/c1-15-12-20-21(27-30-23(29)16-4-6-17(25)7-5-16)13-24(2,3)14-22(20)28(15)19-10-8-18(26)9-11-19/h4-12H,13-14H2,1-3H3/b27-21+. The SMILES string of the molecule is Cc1cc2c(n1-c1ccc(Br)cc1)CC(C)(C)C/C2=N\OC(=O)c1ccc(Br)cc1. The first kappa shape index (κ1) is 21.1. The van der Waals surface area contributed by atoms with Crippen LogP contribution < -0.4 is 0 Å². The second-order valence-corrected chi connectivity index (χ2v) is 10.2. The first-order chi connectivity index (χ1) is 14.2. The minimum Gasteiger partial charge on any atom is -0.318 e. The fraction of sp³-hybridized carbons (Fsp3) is 0.250. The highest BCUT2D eigenvalue weighted by Gasteiger charge is 2.33. The molecule has 0 unspecified atom stereocenters. The maximum Gasteiger partial charge on any atom is 0.365 e. The first-order valence-corrected chi connectivity index (χ1v) is 11.3. The third-order valence-corrected chi connectivity index (χ3v) is 6.35. The van der Waals surface area contributed by atoms with E-state index in [4.69, 9.17) is 4.84 Å². The number of rotatable bonds is 3. The Morgan fingerprint density at radius 1 is 1.00 bits per heavy atom. The van der Waals surface area contributed by atoms with Gasteiger partial charge in [0.2, 0.25) is 0 Å². The zero-order valence-corrected chi connectivity index (χ0v) is 20.2. The molecule has 0 radical (unpaired) electrons. The maximum atomic E-state index is 12.4. The molecule has 1 aromatic heterocycles. The van der Waals surface area contributed by atoms with Crippen LogP contribution in [0, 0.1) is 12.3 Å². The van der Waals surface area contributed by atoms with E-state index in [9.17, 15) is 4.79 Å². The van der Waals surface area contributed by atoms with Crippen LogP contribution in [-0.4, -0.2) is 16.2 Å². The highest BCUT2D eigenvalue weighted by molar-refractivity contribution is 9.10. The van der Waals surface area contributed by atoms with Crippen LogP contribution in [-0.2, 0) is 11.3 Å². The average molecular weight is 530 g/mol. The van der Waals surface area contributed by atoms with Gasteiger partial charge in [-0.1, -0.05) is 50.9 Å². The molecule has 0 saturated carbocycles. The molecule has 0 bridgehead atoms. The van der Waals surface area contributed by atoms with Gasteiger partial charge in [0.1, 0.15) is 0 Å². The van der Waals surface area contributed by atoms with Crippen molar-refractivity contribution in [3.63, 3.8) is 0 Å². The van der Waals surface area contributed by atoms with Crippen molar-refractivity contribution in [2.24, 2.45) is 10.6 Å². The molecule has 1 aliphatic carbocycles. The summed E-state index contributed by atoms with van der Waals surface area (Å²) < 4.78 is 4.23. The van der Waals surface area contributed by atoms with E-state index in [1.165, 1.54) is 5.69 Å². The summed E-state index contributed by atoms with van der Waals surface area (Å²) in [5.41, 5.74) is 5.79. The lowest BCUT2D eigenvalue weighted by Gasteiger charge is -2.31. The number of benzene rings is 2. The van der Waals surface area contributed by atoms with Crippen molar-refractivity contribution in [3.05, 3.63) is 86.1 Å². The number of aromatic nitrogens is 1. The molecule has 30 heavy (non-hydrogen) atoms. The van der Waals surface area contributed by atoms with Gasteiger partial charge in [-0.15, -0.1) is 0 Å². The quantitative estimate of drug-likeness (QED) is 0.275. The predicted molar refractivity (Wildman–Crippen MR) is 126 cm³/mol. The van der Waals surface area contributed by atoms with Gasteiger partial charge < -0.3 is 9.40 Å². The summed E-state index contributed by atoms with van der Waals surface area (Å²) in [5.74, 6) is -0.455. The summed E-state index contributed by atoms with van der Waals surface area (Å²) >= 11 is 6.88. The number of hydrogen-bond donors (Lipinski definition) is 0. The summed E-state index contributed by atoms with van der Waals surface area (Å²) in [5, 5.41) is 4.32. The summed E-state index contributed by atoms with van der Waals surface area (Å²) in [6.07, 6.45) is 1.67. The maximum absolute atomic E-state index is 12.4. The van der Waals surface area contributed by atoms with Crippen LogP contribution in [0.3, 0.4) is 0 Å². The lowest BCUT2D eigenvalue weighted by molar-refractivity contribution is 0.0514. The summed E-state index contributed by atoms with van der Waals surface area (Å²) in [7, 11) is 0. The normalized spacial score (nSPS) is 16.4. The molecule has 6 heteroatoms. The van der Waals surface area contributed by atoms with Crippen LogP contribution in [0.25, 0.3) is 5.69 Å². The number of carbonyl (C=O) groups is 1. The molecule has 3 aromatic rings. The van der Waals surface area contributed by atoms with Crippen LogP contribution in [0.1, 0.15) is 47.6 Å². The molecule has 4 nitrogen and oxygen atoms in total. The fourth-order valence-electron chi connectivity index (χ4n) is 3.94. The number of fused-ring (bicyclic) bond motifs is 1. The van der Waals surface area contributed by atoms with Crippen molar-refractivity contribution in [2.45, 2.75) is 33.6 Å². The molecule has 0 amide bonds. The third-order valence-electron chi connectivity index (χ3n) is 5.29. The molecule has 0 atom stereocenters. The van der Waals surface area contributed by atoms with Gasteiger partial charge in [0.05, 0.1) is 11.3 Å². The Hall–Kier alpha value is -2.18. The van der Waals surface area contributed by atoms with E-state index < -0.39 is 5.97 Å². The third kappa shape index (κ3) is 4.30. The molecule has 0 aliphatic heterocycles. The van der Waals surface area contributed by atoms with Gasteiger partial charge in [-0.25, -0.2) is 4.79 Å². The molecule has 0 N–H and O–H groups in total. The number of oxime groups is 1. The molecule has 0 saturated heterocycles. The number of nitrogens with zero attached hydrogens (tertiary/aromatic N) is 2. The van der Waals surface area contributed by atoms with E-state index in [0.29, 0.717) is 5.56 Å². The zero-order valence-electron chi connectivity index (χ0n) is 17.1. The van der Waals surface area contributed by atoms with E-state index in [2.05, 4.69) is 80.6 Å². The zero-order chi connectivity index (χ0) is 21.5. The molecule has 0 spiro atoms. The minimum atomic E-state index is -0.455. The van der Waals surface area contributed by atoms with Crippen molar-refractivity contribution < 1.29 is 9.63 Å². The summed E-state index contributed by atoms with van der Waals surface area (Å²) in [4.78, 5) is 17.8. The largest absolute Gasteiger partial charge is 0.365 e. The molecular weight excluding hydrogens is 508 g/mol. The van der Waals surface area contributed by atoms with Gasteiger partial charge in [-0.3, -0.25) is 0 Å². The Balaban J connectivity index is 1.70. The Morgan fingerprint density at radius 3 is 2.23 bits per heavy atom. The van der Waals surface area contributed by atoms with E-state index in [1.54, 1.807) is 12.1 Å². The lowest BCUT2D eigenvalue weighted by atomic mass is 9.76. The Kier molecular flexibility index (Phi) is 5.73. The van der Waals surface area contributed by atoms with Crippen LogP contribution in [0.2, 0.25) is 0 Å². The van der Waals surface area contributed by atoms with Gasteiger partial charge in [0.15, 0.2) is 0 Å². The highest BCUT2D eigenvalue weighted by atomic mass is 79.9. The first-order valence-electron chi connectivity index (χ1n) is 9.75. The number of carbonyl (C=O) groups excluding carboxylic acids is 1. The molecular formula is C24H22Br2N2O2. The second kappa shape index (κ2) is 8.16. The van der Waals surface area contributed by atoms with Gasteiger partial charge in [0.25, 0.3) is 0 Å². The Labute approximate surface area is 193 Å². The molecule has 2 aromatic carbocycles. The van der Waals surface area contributed by atoms with Gasteiger partial charge in [-0.05, 0) is 79.8 Å². The Bertz CT molecular complexity index is 1130. The fourth-order valence-corrected chi connectivity index (χ4v) is 4.47. The van der Waals surface area contributed by atoms with Gasteiger partial charge in [-0.2, -0.15) is 0 Å². The number of halogens is 2. The molecule has 0 fully saturated rings. The molecule has 4 rings (SSSR count). The Morgan fingerprint density at radius 2 is 1.60 bits per heavy atom. The van der Waals surface area contributed by atoms with Crippen molar-refractivity contribution >= 4 is 43.5 Å². The van der Waals surface area contributed by atoms with E-state index >= 15 is 0 Å². The van der Waals surface area contributed by atoms with Crippen LogP contribution in [0.4, 0.5) is 0 Å². The predicted octanol–water partition coefficient (Wildman–Crippen LogP) is 6.84. The van der Waals surface area contributed by atoms with Crippen molar-refractivity contribution in [1.82, 2.24) is 4.57 Å². The van der Waals surface area contributed by atoms with E-state index in [0.717, 1.165) is 44.4 Å². The molecule has 1 heterocycles. The van der Waals surface area contributed by atoms with Crippen LogP contribution in [0.15, 0.2) is 68.7 Å². The smallest absolute Gasteiger partial charge is 0.318 e. The summed E-state index contributed by atoms with van der Waals surface area (Å²) in [6, 6.07) is 17.5. The van der Waals surface area contributed by atoms with E-state index in [-0.39, 0.29) is 5.41 Å². The second-order valence-electron chi connectivity index (χ2n) is 8.40. The van der Waals surface area contributed by atoms with Crippen molar-refractivity contribution in [1.29, 1.82) is 0 Å². The van der Waals surface area contributed by atoms with Crippen molar-refractivity contribution in [2.75, 3.05) is 0 Å². The number of hydrogen-bond acceptors (Lipinski definition) is 3. The molecule has 1 aliphatic rings. The van der Waals surface area contributed by atoms with Crippen molar-refractivity contribution in [3.8, 4) is 5.69 Å². The number of aryl methyl sites for hydroxylation is 1. The average Bonchev–Trinajstić information content (AvgIpc) is 3.02. The van der Waals surface area contributed by atoms with Gasteiger partial charge >= 0.3 is 5.97 Å². The topological polar surface area (TPSA) is 43.6 Å². The monoisotopic (exact) mass is 528 g/mol. The minimum absolute atomic E-state index is 0.00770. The highest BCUT2D eigenvalue weighted by Crippen LogP contribution is 2.38.